The molecular weight excluding hydrogens is 182 g/mol. The Hall–Kier alpha value is -0.940. The molecule has 1 aromatic heterocycles. The van der Waals surface area contributed by atoms with Gasteiger partial charge in [0.1, 0.15) is 6.33 Å². The van der Waals surface area contributed by atoms with E-state index in [9.17, 15) is 0 Å². The van der Waals surface area contributed by atoms with Crippen molar-refractivity contribution in [2.45, 2.75) is 32.6 Å². The second kappa shape index (κ2) is 4.52. The number of ether oxygens (including phenoxy) is 2. The van der Waals surface area contributed by atoms with Gasteiger partial charge >= 0.3 is 0 Å². The summed E-state index contributed by atoms with van der Waals surface area (Å²) in [5, 5.41) is 4.31. The Bertz CT molecular complexity index is 281. The Morgan fingerprint density at radius 2 is 2.29 bits per heavy atom. The fourth-order valence-electron chi connectivity index (χ4n) is 1.42. The van der Waals surface area contributed by atoms with Gasteiger partial charge in [-0.25, -0.2) is 9.67 Å². The predicted molar refractivity (Wildman–Crippen MR) is 49.7 cm³/mol. The number of hydrogen-bond acceptors (Lipinski definition) is 4. The van der Waals surface area contributed by atoms with Crippen molar-refractivity contribution in [3.63, 3.8) is 0 Å². The van der Waals surface area contributed by atoms with Crippen LogP contribution in [-0.2, 0) is 22.4 Å². The highest BCUT2D eigenvalue weighted by atomic mass is 16.7. The van der Waals surface area contributed by atoms with Crippen LogP contribution in [0.2, 0.25) is 0 Å². The normalized spacial score (nSPS) is 17.8. The van der Waals surface area contributed by atoms with Crippen LogP contribution < -0.4 is 0 Å². The van der Waals surface area contributed by atoms with Gasteiger partial charge in [0, 0.05) is 6.42 Å². The van der Waals surface area contributed by atoms with E-state index in [1.165, 1.54) is 0 Å². The van der Waals surface area contributed by atoms with Crippen molar-refractivity contribution in [2.24, 2.45) is 0 Å². The topological polar surface area (TPSA) is 49.2 Å². The van der Waals surface area contributed by atoms with Crippen LogP contribution >= 0.6 is 0 Å². The third-order valence-corrected chi connectivity index (χ3v) is 2.08. The Morgan fingerprint density at radius 1 is 1.50 bits per heavy atom. The van der Waals surface area contributed by atoms with Crippen LogP contribution in [0, 0.1) is 0 Å². The van der Waals surface area contributed by atoms with Gasteiger partial charge in [0.05, 0.1) is 19.8 Å². The zero-order chi connectivity index (χ0) is 9.80. The van der Waals surface area contributed by atoms with E-state index in [4.69, 9.17) is 9.47 Å². The first kappa shape index (κ1) is 9.61. The van der Waals surface area contributed by atoms with Gasteiger partial charge in [0.15, 0.2) is 12.1 Å². The van der Waals surface area contributed by atoms with Gasteiger partial charge in [0.2, 0.25) is 0 Å². The van der Waals surface area contributed by atoms with Gasteiger partial charge in [-0.15, -0.1) is 0 Å². The molecule has 0 unspecified atom stereocenters. The molecule has 1 saturated heterocycles. The second-order valence-electron chi connectivity index (χ2n) is 3.30. The monoisotopic (exact) mass is 197 g/mol. The van der Waals surface area contributed by atoms with Gasteiger partial charge in [-0.2, -0.15) is 5.10 Å². The minimum absolute atomic E-state index is 0.147. The van der Waals surface area contributed by atoms with Crippen LogP contribution in [0.4, 0.5) is 0 Å². The smallest absolute Gasteiger partial charge is 0.177 e. The average molecular weight is 197 g/mol. The first-order valence-corrected chi connectivity index (χ1v) is 5.00. The lowest BCUT2D eigenvalue weighted by Gasteiger charge is -2.07. The molecule has 14 heavy (non-hydrogen) atoms. The molecule has 0 atom stereocenters. The fourth-order valence-corrected chi connectivity index (χ4v) is 1.42. The molecule has 0 aromatic carbocycles. The maximum atomic E-state index is 5.32. The van der Waals surface area contributed by atoms with E-state index >= 15 is 0 Å². The molecule has 1 aliphatic rings. The zero-order valence-corrected chi connectivity index (χ0v) is 8.35. The quantitative estimate of drug-likeness (QED) is 0.709. The highest BCUT2D eigenvalue weighted by molar-refractivity contribution is 4.81. The van der Waals surface area contributed by atoms with Crippen LogP contribution in [0.5, 0.6) is 0 Å². The molecule has 1 aromatic rings. The molecule has 1 fully saturated rings. The summed E-state index contributed by atoms with van der Waals surface area (Å²) >= 11 is 0. The van der Waals surface area contributed by atoms with Crippen molar-refractivity contribution in [3.8, 4) is 0 Å². The number of hydrogen-bond donors (Lipinski definition) is 0. The molecule has 0 aliphatic carbocycles. The van der Waals surface area contributed by atoms with Gasteiger partial charge in [-0.05, 0) is 6.42 Å². The highest BCUT2D eigenvalue weighted by Crippen LogP contribution is 2.06. The lowest BCUT2D eigenvalue weighted by atomic mass is 10.3. The van der Waals surface area contributed by atoms with E-state index in [1.807, 2.05) is 0 Å². The van der Waals surface area contributed by atoms with E-state index in [1.54, 1.807) is 11.0 Å². The van der Waals surface area contributed by atoms with Crippen LogP contribution in [0.1, 0.15) is 19.2 Å². The summed E-state index contributed by atoms with van der Waals surface area (Å²) in [5.41, 5.74) is 0. The SMILES string of the molecule is CCCc1ncn(CC2OCCO2)n1. The van der Waals surface area contributed by atoms with Crippen LogP contribution in [0.15, 0.2) is 6.33 Å². The van der Waals surface area contributed by atoms with Gasteiger partial charge in [-0.1, -0.05) is 6.92 Å². The summed E-state index contributed by atoms with van der Waals surface area (Å²) in [7, 11) is 0. The van der Waals surface area contributed by atoms with Gasteiger partial charge in [-0.3, -0.25) is 0 Å². The molecule has 78 valence electrons. The molecule has 0 saturated carbocycles. The molecule has 1 aliphatic heterocycles. The molecule has 2 heterocycles. The summed E-state index contributed by atoms with van der Waals surface area (Å²) < 4.78 is 12.4. The van der Waals surface area contributed by atoms with E-state index in [0.29, 0.717) is 19.8 Å². The maximum Gasteiger partial charge on any atom is 0.177 e. The number of aromatic nitrogens is 3. The first-order valence-electron chi connectivity index (χ1n) is 5.00. The largest absolute Gasteiger partial charge is 0.348 e. The fraction of sp³-hybridized carbons (Fsp3) is 0.778. The molecule has 0 amide bonds. The lowest BCUT2D eigenvalue weighted by Crippen LogP contribution is -2.17. The molecule has 0 N–H and O–H groups in total. The Labute approximate surface area is 83.0 Å². The number of aryl methyl sites for hydroxylation is 1. The lowest BCUT2D eigenvalue weighted by molar-refractivity contribution is -0.0546. The minimum atomic E-state index is -0.147. The zero-order valence-electron chi connectivity index (χ0n) is 8.35. The third-order valence-electron chi connectivity index (χ3n) is 2.08. The van der Waals surface area contributed by atoms with E-state index in [2.05, 4.69) is 17.0 Å². The maximum absolute atomic E-state index is 5.32. The summed E-state index contributed by atoms with van der Waals surface area (Å²) in [5.74, 6) is 0.894. The predicted octanol–water partition coefficient (Wildman–Crippen LogP) is 0.603. The Kier molecular flexibility index (Phi) is 3.10. The number of rotatable bonds is 4. The van der Waals surface area contributed by atoms with Crippen molar-refractivity contribution in [1.29, 1.82) is 0 Å². The standard InChI is InChI=1S/C9H15N3O2/c1-2-3-8-10-7-12(11-8)6-9-13-4-5-14-9/h7,9H,2-6H2,1H3. The molecule has 5 nitrogen and oxygen atoms in total. The summed E-state index contributed by atoms with van der Waals surface area (Å²) in [6, 6.07) is 0. The Balaban J connectivity index is 1.88. The molecule has 0 spiro atoms. The van der Waals surface area contributed by atoms with Crippen LogP contribution in [0.25, 0.3) is 0 Å². The summed E-state index contributed by atoms with van der Waals surface area (Å²) in [6.07, 6.45) is 3.58. The highest BCUT2D eigenvalue weighted by Gasteiger charge is 2.16. The number of nitrogens with zero attached hydrogens (tertiary/aromatic N) is 3. The van der Waals surface area contributed by atoms with Crippen molar-refractivity contribution in [2.75, 3.05) is 13.2 Å². The van der Waals surface area contributed by atoms with Crippen LogP contribution in [-0.4, -0.2) is 34.3 Å². The van der Waals surface area contributed by atoms with E-state index in [-0.39, 0.29) is 6.29 Å². The third kappa shape index (κ3) is 2.30. The van der Waals surface area contributed by atoms with Crippen molar-refractivity contribution in [3.05, 3.63) is 12.2 Å². The summed E-state index contributed by atoms with van der Waals surface area (Å²) in [6.45, 7) is 4.11. The molecule has 5 heteroatoms. The molecule has 2 rings (SSSR count). The van der Waals surface area contributed by atoms with E-state index < -0.39 is 0 Å². The minimum Gasteiger partial charge on any atom is -0.348 e. The van der Waals surface area contributed by atoms with Crippen LogP contribution in [0.3, 0.4) is 0 Å². The van der Waals surface area contributed by atoms with E-state index in [0.717, 1.165) is 18.7 Å². The second-order valence-corrected chi connectivity index (χ2v) is 3.30. The first-order chi connectivity index (χ1) is 6.88. The average Bonchev–Trinajstić information content (AvgIpc) is 2.79. The molecular formula is C9H15N3O2. The Morgan fingerprint density at radius 3 is 3.00 bits per heavy atom. The van der Waals surface area contributed by atoms with Gasteiger partial charge < -0.3 is 9.47 Å². The molecule has 0 bridgehead atoms. The summed E-state index contributed by atoms with van der Waals surface area (Å²) in [4.78, 5) is 4.19. The van der Waals surface area contributed by atoms with Gasteiger partial charge in [0.25, 0.3) is 0 Å². The van der Waals surface area contributed by atoms with Crippen molar-refractivity contribution in [1.82, 2.24) is 14.8 Å². The van der Waals surface area contributed by atoms with Crippen molar-refractivity contribution >= 4 is 0 Å². The molecule has 0 radical (unpaired) electrons. The van der Waals surface area contributed by atoms with Crippen molar-refractivity contribution < 1.29 is 9.47 Å².